The van der Waals surface area contributed by atoms with E-state index in [1.165, 1.54) is 5.69 Å². The number of aromatic nitrogens is 2. The highest BCUT2D eigenvalue weighted by molar-refractivity contribution is 5.66. The van der Waals surface area contributed by atoms with Crippen LogP contribution in [0.15, 0.2) is 12.5 Å². The number of rotatable bonds is 3. The lowest BCUT2D eigenvalue weighted by Gasteiger charge is -2.23. The third kappa shape index (κ3) is 1.95. The minimum Gasteiger partial charge on any atom is -0.481 e. The Morgan fingerprint density at radius 2 is 2.57 bits per heavy atom. The van der Waals surface area contributed by atoms with Gasteiger partial charge in [0.1, 0.15) is 0 Å². The van der Waals surface area contributed by atoms with Crippen molar-refractivity contribution in [1.82, 2.24) is 9.55 Å². The van der Waals surface area contributed by atoms with Crippen molar-refractivity contribution in [2.24, 2.45) is 5.92 Å². The first-order valence-corrected chi connectivity index (χ1v) is 4.96. The van der Waals surface area contributed by atoms with Gasteiger partial charge in [0.2, 0.25) is 0 Å². The molecule has 1 aliphatic rings. The molecule has 0 saturated heterocycles. The molecule has 2 heterocycles. The first-order valence-electron chi connectivity index (χ1n) is 4.96. The summed E-state index contributed by atoms with van der Waals surface area (Å²) in [4.78, 5) is 14.5. The van der Waals surface area contributed by atoms with Gasteiger partial charge in [0.25, 0.3) is 0 Å². The molecule has 1 aromatic rings. The van der Waals surface area contributed by atoms with Crippen LogP contribution in [0, 0.1) is 5.92 Å². The Kier molecular flexibility index (Phi) is 2.52. The Bertz CT molecular complexity index is 333. The molecule has 4 heteroatoms. The van der Waals surface area contributed by atoms with Gasteiger partial charge >= 0.3 is 5.97 Å². The molecule has 0 spiro atoms. The van der Waals surface area contributed by atoms with Crippen molar-refractivity contribution in [2.75, 3.05) is 0 Å². The fraction of sp³-hybridized carbons (Fsp3) is 0.600. The van der Waals surface area contributed by atoms with Crippen molar-refractivity contribution in [1.29, 1.82) is 0 Å². The largest absolute Gasteiger partial charge is 0.481 e. The van der Waals surface area contributed by atoms with Gasteiger partial charge in [-0.3, -0.25) is 4.79 Å². The minimum atomic E-state index is -0.693. The van der Waals surface area contributed by atoms with Gasteiger partial charge in [0.15, 0.2) is 0 Å². The molecule has 1 unspecified atom stereocenters. The number of imidazole rings is 1. The molecule has 0 fully saturated rings. The molecular weight excluding hydrogens is 180 g/mol. The molecule has 2 rings (SSSR count). The zero-order valence-corrected chi connectivity index (χ0v) is 8.02. The molecule has 1 atom stereocenters. The Labute approximate surface area is 82.6 Å². The number of carbonyl (C=O) groups is 1. The van der Waals surface area contributed by atoms with E-state index in [4.69, 9.17) is 5.11 Å². The van der Waals surface area contributed by atoms with Crippen molar-refractivity contribution in [2.45, 2.75) is 32.2 Å². The molecule has 0 radical (unpaired) electrons. The number of nitrogens with zero attached hydrogens (tertiary/aromatic N) is 2. The van der Waals surface area contributed by atoms with Crippen molar-refractivity contribution >= 4 is 5.97 Å². The van der Waals surface area contributed by atoms with Crippen LogP contribution in [-0.2, 0) is 17.8 Å². The summed E-state index contributed by atoms with van der Waals surface area (Å²) in [6.07, 6.45) is 6.93. The maximum absolute atomic E-state index is 10.4. The van der Waals surface area contributed by atoms with Crippen LogP contribution in [0.25, 0.3) is 0 Å². The molecule has 0 bridgehead atoms. The lowest BCUT2D eigenvalue weighted by Crippen LogP contribution is -2.19. The third-order valence-electron chi connectivity index (χ3n) is 2.83. The van der Waals surface area contributed by atoms with E-state index in [0.29, 0.717) is 5.92 Å². The van der Waals surface area contributed by atoms with Crippen LogP contribution >= 0.6 is 0 Å². The van der Waals surface area contributed by atoms with Crippen molar-refractivity contribution < 1.29 is 9.90 Å². The number of hydrogen-bond acceptors (Lipinski definition) is 2. The van der Waals surface area contributed by atoms with Crippen LogP contribution < -0.4 is 0 Å². The molecule has 0 aromatic carbocycles. The van der Waals surface area contributed by atoms with Crippen molar-refractivity contribution in [3.8, 4) is 0 Å². The summed E-state index contributed by atoms with van der Waals surface area (Å²) in [7, 11) is 0. The Morgan fingerprint density at radius 1 is 1.71 bits per heavy atom. The highest BCUT2D eigenvalue weighted by Gasteiger charge is 2.18. The average Bonchev–Trinajstić information content (AvgIpc) is 2.61. The summed E-state index contributed by atoms with van der Waals surface area (Å²) in [6.45, 7) is 0.933. The third-order valence-corrected chi connectivity index (χ3v) is 2.83. The van der Waals surface area contributed by atoms with Gasteiger partial charge in [-0.05, 0) is 25.2 Å². The molecular formula is C10H14N2O2. The lowest BCUT2D eigenvalue weighted by molar-refractivity contribution is -0.137. The van der Waals surface area contributed by atoms with E-state index < -0.39 is 5.97 Å². The number of carboxylic acid groups (broad SMARTS) is 1. The second-order valence-electron chi connectivity index (χ2n) is 3.87. The summed E-state index contributed by atoms with van der Waals surface area (Å²) < 4.78 is 2.13. The van der Waals surface area contributed by atoms with Gasteiger partial charge in [-0.15, -0.1) is 0 Å². The SMILES string of the molecule is O=C(O)CCC1CCc2cncn2C1. The van der Waals surface area contributed by atoms with Crippen molar-refractivity contribution in [3.63, 3.8) is 0 Å². The molecule has 1 aliphatic heterocycles. The molecule has 0 saturated carbocycles. The summed E-state index contributed by atoms with van der Waals surface area (Å²) in [5.41, 5.74) is 1.27. The van der Waals surface area contributed by atoms with Gasteiger partial charge in [-0.1, -0.05) is 0 Å². The molecule has 14 heavy (non-hydrogen) atoms. The van der Waals surface area contributed by atoms with Gasteiger partial charge in [-0.25, -0.2) is 4.98 Å². The fourth-order valence-electron chi connectivity index (χ4n) is 2.01. The lowest BCUT2D eigenvalue weighted by atomic mass is 9.94. The van der Waals surface area contributed by atoms with E-state index in [1.54, 1.807) is 0 Å². The predicted octanol–water partition coefficient (Wildman–Crippen LogP) is 1.31. The normalized spacial score (nSPS) is 20.4. The van der Waals surface area contributed by atoms with E-state index in [0.717, 1.165) is 25.8 Å². The van der Waals surface area contributed by atoms with Crippen LogP contribution in [0.1, 0.15) is 25.0 Å². The van der Waals surface area contributed by atoms with Crippen LogP contribution in [0.2, 0.25) is 0 Å². The molecule has 4 nitrogen and oxygen atoms in total. The molecule has 0 amide bonds. The summed E-state index contributed by atoms with van der Waals surface area (Å²) in [6, 6.07) is 0. The number of hydrogen-bond donors (Lipinski definition) is 1. The van der Waals surface area contributed by atoms with Crippen LogP contribution in [0.5, 0.6) is 0 Å². The van der Waals surface area contributed by atoms with E-state index in [-0.39, 0.29) is 6.42 Å². The zero-order valence-electron chi connectivity index (χ0n) is 8.02. The highest BCUT2D eigenvalue weighted by atomic mass is 16.4. The van der Waals surface area contributed by atoms with Crippen LogP contribution in [-0.4, -0.2) is 20.6 Å². The molecule has 76 valence electrons. The van der Waals surface area contributed by atoms with Gasteiger partial charge in [-0.2, -0.15) is 0 Å². The number of carboxylic acids is 1. The van der Waals surface area contributed by atoms with E-state index in [9.17, 15) is 4.79 Å². The first kappa shape index (κ1) is 9.24. The van der Waals surface area contributed by atoms with Crippen LogP contribution in [0.4, 0.5) is 0 Å². The Balaban J connectivity index is 1.91. The van der Waals surface area contributed by atoms with Gasteiger partial charge in [0, 0.05) is 24.9 Å². The zero-order chi connectivity index (χ0) is 9.97. The van der Waals surface area contributed by atoms with E-state index >= 15 is 0 Å². The highest BCUT2D eigenvalue weighted by Crippen LogP contribution is 2.22. The smallest absolute Gasteiger partial charge is 0.303 e. The first-order chi connectivity index (χ1) is 6.75. The topological polar surface area (TPSA) is 55.1 Å². The summed E-state index contributed by atoms with van der Waals surface area (Å²) in [5.74, 6) is -0.186. The molecule has 1 aromatic heterocycles. The number of aryl methyl sites for hydroxylation is 1. The Morgan fingerprint density at radius 3 is 3.36 bits per heavy atom. The minimum absolute atomic E-state index is 0.286. The Hall–Kier alpha value is -1.32. The van der Waals surface area contributed by atoms with Gasteiger partial charge < -0.3 is 9.67 Å². The average molecular weight is 194 g/mol. The fourth-order valence-corrected chi connectivity index (χ4v) is 2.01. The van der Waals surface area contributed by atoms with Crippen LogP contribution in [0.3, 0.4) is 0 Å². The van der Waals surface area contributed by atoms with Crippen molar-refractivity contribution in [3.05, 3.63) is 18.2 Å². The molecule has 0 aliphatic carbocycles. The molecule has 1 N–H and O–H groups in total. The van der Waals surface area contributed by atoms with Gasteiger partial charge in [0.05, 0.1) is 6.33 Å². The maximum atomic E-state index is 10.4. The number of aliphatic carboxylic acids is 1. The van der Waals surface area contributed by atoms with E-state index in [2.05, 4.69) is 9.55 Å². The standard InChI is InChI=1S/C10H14N2O2/c13-10(14)4-2-8-1-3-9-5-11-7-12(9)6-8/h5,7-8H,1-4,6H2,(H,13,14). The quantitative estimate of drug-likeness (QED) is 0.789. The second kappa shape index (κ2) is 3.82. The monoisotopic (exact) mass is 194 g/mol. The number of fused-ring (bicyclic) bond motifs is 1. The summed E-state index contributed by atoms with van der Waals surface area (Å²) in [5, 5.41) is 8.58. The maximum Gasteiger partial charge on any atom is 0.303 e. The summed E-state index contributed by atoms with van der Waals surface area (Å²) >= 11 is 0. The second-order valence-corrected chi connectivity index (χ2v) is 3.87. The predicted molar refractivity (Wildman–Crippen MR) is 50.9 cm³/mol. The van der Waals surface area contributed by atoms with E-state index in [1.807, 2.05) is 12.5 Å².